The molecule has 118 valence electrons. The molecule has 0 aliphatic carbocycles. The molecule has 6 heteroatoms. The number of hydrogen-bond donors (Lipinski definition) is 0. The van der Waals surface area contributed by atoms with Gasteiger partial charge in [0.2, 0.25) is 10.0 Å². The smallest absolute Gasteiger partial charge is 0.232 e. The largest absolute Gasteiger partial charge is 0.496 e. The number of halogens is 1. The lowest BCUT2D eigenvalue weighted by Gasteiger charge is -2.25. The second-order valence-electron chi connectivity index (χ2n) is 4.85. The molecule has 0 fully saturated rings. The fraction of sp³-hybridized carbons (Fsp3) is 0.250. The van der Waals surface area contributed by atoms with Gasteiger partial charge >= 0.3 is 0 Å². The predicted molar refractivity (Wildman–Crippen MR) is 90.0 cm³/mol. The van der Waals surface area contributed by atoms with Crippen molar-refractivity contribution in [3.8, 4) is 5.75 Å². The maximum atomic E-state index is 12.2. The highest BCUT2D eigenvalue weighted by Crippen LogP contribution is 2.33. The molecule has 2 aromatic rings. The Labute approximate surface area is 136 Å². The van der Waals surface area contributed by atoms with Gasteiger partial charge in [-0.1, -0.05) is 36.4 Å². The zero-order chi connectivity index (χ0) is 16.2. The van der Waals surface area contributed by atoms with Crippen molar-refractivity contribution in [2.45, 2.75) is 12.4 Å². The SMILES string of the molecule is COc1cccc(N(Cc2ccccc2)S(C)(=O)=O)c1CCl. The minimum atomic E-state index is -3.45. The number of hydrogen-bond acceptors (Lipinski definition) is 3. The Bertz CT molecular complexity index is 732. The van der Waals surface area contributed by atoms with Crippen molar-refractivity contribution in [1.29, 1.82) is 0 Å². The maximum Gasteiger partial charge on any atom is 0.232 e. The first-order valence-corrected chi connectivity index (χ1v) is 9.09. The first kappa shape index (κ1) is 16.6. The lowest BCUT2D eigenvalue weighted by atomic mass is 10.1. The lowest BCUT2D eigenvalue weighted by molar-refractivity contribution is 0.411. The summed E-state index contributed by atoms with van der Waals surface area (Å²) in [5.41, 5.74) is 2.10. The Hall–Kier alpha value is -1.72. The number of alkyl halides is 1. The molecule has 0 saturated heterocycles. The van der Waals surface area contributed by atoms with E-state index in [0.29, 0.717) is 17.0 Å². The van der Waals surface area contributed by atoms with Gasteiger partial charge in [0.1, 0.15) is 5.75 Å². The van der Waals surface area contributed by atoms with E-state index >= 15 is 0 Å². The molecule has 0 aliphatic heterocycles. The van der Waals surface area contributed by atoms with Crippen LogP contribution in [0.5, 0.6) is 5.75 Å². The van der Waals surface area contributed by atoms with E-state index in [4.69, 9.17) is 16.3 Å². The van der Waals surface area contributed by atoms with Crippen molar-refractivity contribution in [1.82, 2.24) is 0 Å². The summed E-state index contributed by atoms with van der Waals surface area (Å²) in [6, 6.07) is 14.7. The quantitative estimate of drug-likeness (QED) is 0.758. The Morgan fingerprint density at radius 3 is 2.32 bits per heavy atom. The van der Waals surface area contributed by atoms with Crippen molar-refractivity contribution in [3.05, 3.63) is 59.7 Å². The molecule has 0 heterocycles. The highest BCUT2D eigenvalue weighted by atomic mass is 35.5. The lowest BCUT2D eigenvalue weighted by Crippen LogP contribution is -2.30. The van der Waals surface area contributed by atoms with Crippen molar-refractivity contribution in [2.75, 3.05) is 17.7 Å². The number of ether oxygens (including phenoxy) is 1. The zero-order valence-corrected chi connectivity index (χ0v) is 14.1. The van der Waals surface area contributed by atoms with Crippen LogP contribution in [-0.2, 0) is 22.4 Å². The van der Waals surface area contributed by atoms with Gasteiger partial charge in [-0.15, -0.1) is 11.6 Å². The average Bonchev–Trinajstić information content (AvgIpc) is 2.51. The minimum Gasteiger partial charge on any atom is -0.496 e. The highest BCUT2D eigenvalue weighted by Gasteiger charge is 2.22. The van der Waals surface area contributed by atoms with Gasteiger partial charge < -0.3 is 4.74 Å². The molecule has 2 aromatic carbocycles. The Balaban J connectivity index is 2.52. The fourth-order valence-corrected chi connectivity index (χ4v) is 3.42. The first-order chi connectivity index (χ1) is 10.5. The standard InChI is InChI=1S/C16H18ClNO3S/c1-21-16-10-6-9-15(14(16)11-17)18(22(2,19)20)12-13-7-4-3-5-8-13/h3-10H,11-12H2,1-2H3. The van der Waals surface area contributed by atoms with Crippen LogP contribution in [0.1, 0.15) is 11.1 Å². The number of sulfonamides is 1. The summed E-state index contributed by atoms with van der Waals surface area (Å²) in [6.45, 7) is 0.247. The Morgan fingerprint density at radius 1 is 1.09 bits per heavy atom. The summed E-state index contributed by atoms with van der Waals surface area (Å²) in [7, 11) is -1.92. The molecule has 0 aromatic heterocycles. The van der Waals surface area contributed by atoms with Crippen LogP contribution in [0.25, 0.3) is 0 Å². The van der Waals surface area contributed by atoms with Crippen LogP contribution in [0.2, 0.25) is 0 Å². The van der Waals surface area contributed by atoms with E-state index in [9.17, 15) is 8.42 Å². The molecule has 4 nitrogen and oxygen atoms in total. The van der Waals surface area contributed by atoms with Crippen molar-refractivity contribution < 1.29 is 13.2 Å². The minimum absolute atomic E-state index is 0.167. The van der Waals surface area contributed by atoms with Crippen molar-refractivity contribution in [3.63, 3.8) is 0 Å². The van der Waals surface area contributed by atoms with E-state index in [1.807, 2.05) is 30.3 Å². The van der Waals surface area contributed by atoms with Gasteiger partial charge in [0.15, 0.2) is 0 Å². The molecule has 0 radical (unpaired) electrons. The molecule has 0 spiro atoms. The summed E-state index contributed by atoms with van der Waals surface area (Å²) in [5.74, 6) is 0.745. The molecule has 0 aliphatic rings. The van der Waals surface area contributed by atoms with Crippen LogP contribution in [0, 0.1) is 0 Å². The van der Waals surface area contributed by atoms with Crippen LogP contribution < -0.4 is 9.04 Å². The molecule has 0 saturated carbocycles. The van der Waals surface area contributed by atoms with Crippen LogP contribution in [0.4, 0.5) is 5.69 Å². The van der Waals surface area contributed by atoms with Crippen LogP contribution in [0.15, 0.2) is 48.5 Å². The van der Waals surface area contributed by atoms with E-state index in [0.717, 1.165) is 5.56 Å². The molecule has 22 heavy (non-hydrogen) atoms. The summed E-state index contributed by atoms with van der Waals surface area (Å²) in [6.07, 6.45) is 1.19. The second kappa shape index (κ2) is 7.03. The van der Waals surface area contributed by atoms with E-state index in [-0.39, 0.29) is 12.4 Å². The van der Waals surface area contributed by atoms with Crippen molar-refractivity contribution in [2.24, 2.45) is 0 Å². The van der Waals surface area contributed by atoms with Gasteiger partial charge in [-0.05, 0) is 17.7 Å². The zero-order valence-electron chi connectivity index (χ0n) is 12.5. The molecular formula is C16H18ClNO3S. The summed E-state index contributed by atoms with van der Waals surface area (Å²) >= 11 is 6.01. The van der Waals surface area contributed by atoms with Gasteiger partial charge in [-0.3, -0.25) is 4.31 Å². The molecular weight excluding hydrogens is 322 g/mol. The molecule has 0 bridgehead atoms. The van der Waals surface area contributed by atoms with Crippen LogP contribution in [0.3, 0.4) is 0 Å². The monoisotopic (exact) mass is 339 g/mol. The van der Waals surface area contributed by atoms with E-state index < -0.39 is 10.0 Å². The third-order valence-electron chi connectivity index (χ3n) is 3.30. The second-order valence-corrected chi connectivity index (χ2v) is 7.02. The normalized spacial score (nSPS) is 11.2. The van der Waals surface area contributed by atoms with Crippen LogP contribution >= 0.6 is 11.6 Å². The fourth-order valence-electron chi connectivity index (χ4n) is 2.24. The molecule has 0 amide bonds. The Morgan fingerprint density at radius 2 is 1.77 bits per heavy atom. The molecule has 0 unspecified atom stereocenters. The predicted octanol–water partition coefficient (Wildman–Crippen LogP) is 3.40. The summed E-state index contributed by atoms with van der Waals surface area (Å²) < 4.78 is 31.1. The first-order valence-electron chi connectivity index (χ1n) is 6.71. The number of anilines is 1. The third-order valence-corrected chi connectivity index (χ3v) is 4.69. The number of rotatable bonds is 6. The van der Waals surface area contributed by atoms with E-state index in [2.05, 4.69) is 0 Å². The molecule has 2 rings (SSSR count). The average molecular weight is 340 g/mol. The summed E-state index contributed by atoms with van der Waals surface area (Å²) in [4.78, 5) is 0. The van der Waals surface area contributed by atoms with Gasteiger partial charge in [0, 0.05) is 5.56 Å². The topological polar surface area (TPSA) is 46.6 Å². The van der Waals surface area contributed by atoms with Crippen LogP contribution in [-0.4, -0.2) is 21.8 Å². The van der Waals surface area contributed by atoms with Gasteiger partial charge in [-0.25, -0.2) is 8.42 Å². The maximum absolute atomic E-state index is 12.2. The summed E-state index contributed by atoms with van der Waals surface area (Å²) in [5, 5.41) is 0. The number of nitrogens with zero attached hydrogens (tertiary/aromatic N) is 1. The van der Waals surface area contributed by atoms with E-state index in [1.165, 1.54) is 17.7 Å². The third kappa shape index (κ3) is 3.72. The van der Waals surface area contributed by atoms with Gasteiger partial charge in [0.25, 0.3) is 0 Å². The van der Waals surface area contributed by atoms with E-state index in [1.54, 1.807) is 18.2 Å². The Kier molecular flexibility index (Phi) is 5.32. The van der Waals surface area contributed by atoms with Crippen molar-refractivity contribution >= 4 is 27.3 Å². The number of benzene rings is 2. The number of methoxy groups -OCH3 is 1. The van der Waals surface area contributed by atoms with Gasteiger partial charge in [0.05, 0.1) is 31.5 Å². The molecule has 0 N–H and O–H groups in total. The molecule has 0 atom stereocenters. The highest BCUT2D eigenvalue weighted by molar-refractivity contribution is 7.92. The van der Waals surface area contributed by atoms with Gasteiger partial charge in [-0.2, -0.15) is 0 Å².